The summed E-state index contributed by atoms with van der Waals surface area (Å²) < 4.78 is 5.32. The van der Waals surface area contributed by atoms with Crippen molar-refractivity contribution in [2.45, 2.75) is 18.9 Å². The fraction of sp³-hybridized carbons (Fsp3) is 0.455. The van der Waals surface area contributed by atoms with Crippen molar-refractivity contribution < 1.29 is 9.66 Å². The lowest BCUT2D eigenvalue weighted by Crippen LogP contribution is -2.30. The highest BCUT2D eigenvalue weighted by Crippen LogP contribution is 2.33. The van der Waals surface area contributed by atoms with Crippen molar-refractivity contribution in [2.75, 3.05) is 18.5 Å². The second kappa shape index (κ2) is 5.33. The van der Waals surface area contributed by atoms with Gasteiger partial charge in [-0.2, -0.15) is 0 Å². The lowest BCUT2D eigenvalue weighted by molar-refractivity contribution is -0.383. The Labute approximate surface area is 104 Å². The highest BCUT2D eigenvalue weighted by atomic mass is 35.5. The fourth-order valence-electron chi connectivity index (χ4n) is 1.89. The molecule has 0 amide bonds. The number of nitro groups is 1. The van der Waals surface area contributed by atoms with Crippen molar-refractivity contribution in [2.24, 2.45) is 0 Å². The molecule has 1 unspecified atom stereocenters. The summed E-state index contributed by atoms with van der Waals surface area (Å²) in [6, 6.07) is 4.99. The normalized spacial score (nSPS) is 19.9. The third-order valence-electron chi connectivity index (χ3n) is 2.69. The summed E-state index contributed by atoms with van der Waals surface area (Å²) in [4.78, 5) is 10.5. The lowest BCUT2D eigenvalue weighted by Gasteiger charge is -2.24. The van der Waals surface area contributed by atoms with Crippen LogP contribution in [0.5, 0.6) is 0 Å². The Morgan fingerprint density at radius 1 is 1.53 bits per heavy atom. The largest absolute Gasteiger partial charge is 0.379 e. The summed E-state index contributed by atoms with van der Waals surface area (Å²) in [5, 5.41) is 14.2. The first-order valence-corrected chi connectivity index (χ1v) is 5.83. The maximum Gasteiger partial charge on any atom is 0.310 e. The smallest absolute Gasteiger partial charge is 0.310 e. The Bertz CT molecular complexity index is 419. The molecule has 1 saturated heterocycles. The van der Waals surface area contributed by atoms with E-state index in [0.29, 0.717) is 12.3 Å². The number of benzene rings is 1. The van der Waals surface area contributed by atoms with Crippen LogP contribution in [0, 0.1) is 10.1 Å². The van der Waals surface area contributed by atoms with Crippen LogP contribution in [-0.4, -0.2) is 24.2 Å². The maximum atomic E-state index is 10.9. The van der Waals surface area contributed by atoms with Crippen LogP contribution < -0.4 is 5.32 Å². The van der Waals surface area contributed by atoms with Gasteiger partial charge in [0.2, 0.25) is 0 Å². The quantitative estimate of drug-likeness (QED) is 0.667. The summed E-state index contributed by atoms with van der Waals surface area (Å²) in [7, 11) is 0. The Balaban J connectivity index is 2.19. The minimum absolute atomic E-state index is 0.0697. The predicted octanol–water partition coefficient (Wildman–Crippen LogP) is 2.84. The number of rotatable bonds is 3. The van der Waals surface area contributed by atoms with Gasteiger partial charge in [0.25, 0.3) is 0 Å². The molecule has 1 N–H and O–H groups in total. The van der Waals surface area contributed by atoms with Crippen LogP contribution in [0.4, 0.5) is 11.4 Å². The third kappa shape index (κ3) is 2.87. The van der Waals surface area contributed by atoms with Crippen molar-refractivity contribution in [3.8, 4) is 0 Å². The van der Waals surface area contributed by atoms with Crippen LogP contribution in [0.1, 0.15) is 12.8 Å². The van der Waals surface area contributed by atoms with Crippen molar-refractivity contribution in [3.05, 3.63) is 33.3 Å². The van der Waals surface area contributed by atoms with Gasteiger partial charge >= 0.3 is 5.69 Å². The second-order valence-electron chi connectivity index (χ2n) is 3.95. The molecule has 17 heavy (non-hydrogen) atoms. The maximum absolute atomic E-state index is 10.9. The monoisotopic (exact) mass is 256 g/mol. The van der Waals surface area contributed by atoms with Gasteiger partial charge in [0.1, 0.15) is 10.7 Å². The molecule has 0 saturated carbocycles. The van der Waals surface area contributed by atoms with Crippen LogP contribution in [0.2, 0.25) is 5.02 Å². The van der Waals surface area contributed by atoms with Crippen molar-refractivity contribution in [3.63, 3.8) is 0 Å². The zero-order chi connectivity index (χ0) is 12.3. The molecule has 1 aliphatic rings. The summed E-state index contributed by atoms with van der Waals surface area (Å²) in [6.07, 6.45) is 1.91. The number of nitrogens with one attached hydrogen (secondary N) is 1. The standard InChI is InChI=1S/C11H13ClN2O3/c12-9-4-1-5-10(11(9)14(15)16)13-8-3-2-6-17-7-8/h1,4-5,8,13H,2-3,6-7H2. The predicted molar refractivity (Wildman–Crippen MR) is 65.6 cm³/mol. The van der Waals surface area contributed by atoms with Gasteiger partial charge in [-0.1, -0.05) is 17.7 Å². The van der Waals surface area contributed by atoms with E-state index >= 15 is 0 Å². The van der Waals surface area contributed by atoms with Crippen LogP contribution in [0.25, 0.3) is 0 Å². The van der Waals surface area contributed by atoms with E-state index in [1.54, 1.807) is 12.1 Å². The van der Waals surface area contributed by atoms with Crippen LogP contribution in [0.3, 0.4) is 0 Å². The van der Waals surface area contributed by atoms with Gasteiger partial charge in [-0.05, 0) is 25.0 Å². The van der Waals surface area contributed by atoms with Crippen molar-refractivity contribution >= 4 is 23.0 Å². The number of anilines is 1. The molecule has 0 bridgehead atoms. The molecule has 1 aromatic rings. The Hall–Kier alpha value is -1.33. The minimum Gasteiger partial charge on any atom is -0.379 e. The van der Waals surface area contributed by atoms with Crippen molar-refractivity contribution in [1.29, 1.82) is 0 Å². The molecule has 2 rings (SSSR count). The molecule has 0 aromatic heterocycles. The van der Waals surface area contributed by atoms with Gasteiger partial charge in [-0.25, -0.2) is 0 Å². The van der Waals surface area contributed by atoms with E-state index < -0.39 is 4.92 Å². The number of ether oxygens (including phenoxy) is 1. The van der Waals surface area contributed by atoms with Crippen LogP contribution >= 0.6 is 11.6 Å². The molecular weight excluding hydrogens is 244 g/mol. The van der Waals surface area contributed by atoms with Gasteiger partial charge in [-0.3, -0.25) is 10.1 Å². The number of nitrogens with zero attached hydrogens (tertiary/aromatic N) is 1. The minimum atomic E-state index is -0.464. The molecular formula is C11H13ClN2O3. The SMILES string of the molecule is O=[N+]([O-])c1c(Cl)cccc1NC1CCCOC1. The average Bonchev–Trinajstić information content (AvgIpc) is 2.30. The summed E-state index contributed by atoms with van der Waals surface area (Å²) >= 11 is 5.83. The van der Waals surface area contributed by atoms with E-state index in [9.17, 15) is 10.1 Å². The first-order chi connectivity index (χ1) is 8.18. The summed E-state index contributed by atoms with van der Waals surface area (Å²) in [6.45, 7) is 1.33. The molecule has 6 heteroatoms. The molecule has 1 fully saturated rings. The first kappa shape index (κ1) is 12.1. The molecule has 1 atom stereocenters. The Morgan fingerprint density at radius 3 is 3.00 bits per heavy atom. The number of hydrogen-bond acceptors (Lipinski definition) is 4. The molecule has 1 aromatic carbocycles. The van der Waals surface area contributed by atoms with E-state index in [2.05, 4.69) is 5.32 Å². The Morgan fingerprint density at radius 2 is 2.35 bits per heavy atom. The molecule has 0 spiro atoms. The van der Waals surface area contributed by atoms with Gasteiger partial charge < -0.3 is 10.1 Å². The van der Waals surface area contributed by atoms with E-state index in [0.717, 1.165) is 19.4 Å². The van der Waals surface area contributed by atoms with Crippen molar-refractivity contribution in [1.82, 2.24) is 0 Å². The fourth-order valence-corrected chi connectivity index (χ4v) is 2.14. The van der Waals surface area contributed by atoms with Crippen LogP contribution in [0.15, 0.2) is 18.2 Å². The molecule has 5 nitrogen and oxygen atoms in total. The van der Waals surface area contributed by atoms with E-state index in [-0.39, 0.29) is 16.8 Å². The average molecular weight is 257 g/mol. The summed E-state index contributed by atoms with van der Waals surface area (Å²) in [5.41, 5.74) is 0.387. The Kier molecular flexibility index (Phi) is 3.81. The molecule has 0 radical (unpaired) electrons. The van der Waals surface area contributed by atoms with Crippen LogP contribution in [-0.2, 0) is 4.74 Å². The highest BCUT2D eigenvalue weighted by Gasteiger charge is 2.21. The topological polar surface area (TPSA) is 64.4 Å². The second-order valence-corrected chi connectivity index (χ2v) is 4.36. The van der Waals surface area contributed by atoms with Gasteiger partial charge in [0.05, 0.1) is 11.5 Å². The molecule has 1 heterocycles. The number of hydrogen-bond donors (Lipinski definition) is 1. The van der Waals surface area contributed by atoms with Gasteiger partial charge in [0.15, 0.2) is 0 Å². The zero-order valence-corrected chi connectivity index (χ0v) is 9.94. The summed E-state index contributed by atoms with van der Waals surface area (Å²) in [5.74, 6) is 0. The number of para-hydroxylation sites is 1. The number of nitro benzene ring substituents is 1. The number of halogens is 1. The van der Waals surface area contributed by atoms with Gasteiger partial charge in [0, 0.05) is 12.6 Å². The first-order valence-electron chi connectivity index (χ1n) is 5.45. The van der Waals surface area contributed by atoms with Gasteiger partial charge in [-0.15, -0.1) is 0 Å². The molecule has 92 valence electrons. The highest BCUT2D eigenvalue weighted by molar-refractivity contribution is 6.33. The lowest BCUT2D eigenvalue weighted by atomic mass is 10.1. The zero-order valence-electron chi connectivity index (χ0n) is 9.19. The van der Waals surface area contributed by atoms with E-state index in [4.69, 9.17) is 16.3 Å². The molecule has 0 aliphatic carbocycles. The third-order valence-corrected chi connectivity index (χ3v) is 2.99. The van der Waals surface area contributed by atoms with E-state index in [1.165, 1.54) is 6.07 Å². The molecule has 1 aliphatic heterocycles. The van der Waals surface area contributed by atoms with E-state index in [1.807, 2.05) is 0 Å².